The number of hydrazone groups is 1. The second kappa shape index (κ2) is 8.84. The summed E-state index contributed by atoms with van der Waals surface area (Å²) in [6.07, 6.45) is -0.0201. The third-order valence-corrected chi connectivity index (χ3v) is 5.32. The molecule has 4 nitrogen and oxygen atoms in total. The number of anilines is 2. The number of halogens is 3. The molecule has 29 heavy (non-hydrogen) atoms. The van der Waals surface area contributed by atoms with Crippen LogP contribution in [0.1, 0.15) is 43.4 Å². The van der Waals surface area contributed by atoms with Crippen molar-refractivity contribution in [1.82, 2.24) is 4.98 Å². The lowest BCUT2D eigenvalue weighted by Crippen LogP contribution is -2.35. The largest absolute Gasteiger partial charge is 0.417 e. The molecular formula is C22H27F3N4. The van der Waals surface area contributed by atoms with Crippen molar-refractivity contribution in [2.24, 2.45) is 5.10 Å². The summed E-state index contributed by atoms with van der Waals surface area (Å²) >= 11 is 0. The highest BCUT2D eigenvalue weighted by atomic mass is 19.4. The van der Waals surface area contributed by atoms with Crippen molar-refractivity contribution in [2.45, 2.75) is 45.7 Å². The van der Waals surface area contributed by atoms with Crippen LogP contribution in [0.3, 0.4) is 0 Å². The number of benzene rings is 1. The standard InChI is InChI=1S/C22H27F3N4/c1-4-16-7-6-8-17(5-2)21(16)28(3)27-19-11-13-29(14-12-19)20-10-9-18(15-26-20)22(23,24)25/h6-10,15H,4-5,11-14H2,1-3H3. The Labute approximate surface area is 170 Å². The van der Waals surface area contributed by atoms with Crippen LogP contribution in [0.15, 0.2) is 41.6 Å². The Morgan fingerprint density at radius 2 is 1.66 bits per heavy atom. The number of alkyl halides is 3. The first-order valence-electron chi connectivity index (χ1n) is 10.0. The van der Waals surface area contributed by atoms with Gasteiger partial charge >= 0.3 is 6.18 Å². The van der Waals surface area contributed by atoms with Crippen molar-refractivity contribution in [2.75, 3.05) is 30.0 Å². The summed E-state index contributed by atoms with van der Waals surface area (Å²) in [7, 11) is 1.99. The Kier molecular flexibility index (Phi) is 6.45. The number of aromatic nitrogens is 1. The smallest absolute Gasteiger partial charge is 0.356 e. The lowest BCUT2D eigenvalue weighted by Gasteiger charge is -2.30. The van der Waals surface area contributed by atoms with Crippen LogP contribution < -0.4 is 9.91 Å². The number of nitrogens with zero attached hydrogens (tertiary/aromatic N) is 4. The summed E-state index contributed by atoms with van der Waals surface area (Å²) in [5.41, 5.74) is 4.12. The average molecular weight is 404 g/mol. The van der Waals surface area contributed by atoms with Gasteiger partial charge in [-0.25, -0.2) is 4.98 Å². The van der Waals surface area contributed by atoms with Crippen molar-refractivity contribution < 1.29 is 13.2 Å². The third-order valence-electron chi connectivity index (χ3n) is 5.32. The van der Waals surface area contributed by atoms with Gasteiger partial charge in [0, 0.05) is 44.9 Å². The monoisotopic (exact) mass is 404 g/mol. The van der Waals surface area contributed by atoms with Gasteiger partial charge in [0.25, 0.3) is 0 Å². The zero-order chi connectivity index (χ0) is 21.0. The Morgan fingerprint density at radius 1 is 1.03 bits per heavy atom. The van der Waals surface area contributed by atoms with Crippen molar-refractivity contribution in [3.63, 3.8) is 0 Å². The Hall–Kier alpha value is -2.57. The predicted molar refractivity (Wildman–Crippen MR) is 112 cm³/mol. The van der Waals surface area contributed by atoms with Gasteiger partial charge in [0.15, 0.2) is 0 Å². The highest BCUT2D eigenvalue weighted by Crippen LogP contribution is 2.30. The van der Waals surface area contributed by atoms with E-state index >= 15 is 0 Å². The van der Waals surface area contributed by atoms with Crippen LogP contribution in [0.25, 0.3) is 0 Å². The van der Waals surface area contributed by atoms with Crippen molar-refractivity contribution >= 4 is 17.2 Å². The van der Waals surface area contributed by atoms with Gasteiger partial charge in [-0.05, 0) is 36.1 Å². The maximum absolute atomic E-state index is 12.7. The van der Waals surface area contributed by atoms with Gasteiger partial charge in [-0.1, -0.05) is 32.0 Å². The van der Waals surface area contributed by atoms with Gasteiger partial charge in [-0.2, -0.15) is 18.3 Å². The molecule has 0 unspecified atom stereocenters. The number of pyridine rings is 1. The van der Waals surface area contributed by atoms with Gasteiger partial charge in [-0.3, -0.25) is 5.01 Å². The molecule has 0 saturated carbocycles. The van der Waals surface area contributed by atoms with Crippen LogP contribution in [0.4, 0.5) is 24.7 Å². The van der Waals surface area contributed by atoms with Crippen LogP contribution in [0.5, 0.6) is 0 Å². The third kappa shape index (κ3) is 4.89. The van der Waals surface area contributed by atoms with Gasteiger partial charge in [0.1, 0.15) is 5.82 Å². The van der Waals surface area contributed by atoms with E-state index in [1.165, 1.54) is 22.9 Å². The summed E-state index contributed by atoms with van der Waals surface area (Å²) in [6.45, 7) is 5.69. The molecular weight excluding hydrogens is 377 g/mol. The van der Waals surface area contributed by atoms with E-state index in [4.69, 9.17) is 5.10 Å². The minimum Gasteiger partial charge on any atom is -0.356 e. The molecule has 0 spiro atoms. The molecule has 7 heteroatoms. The SMILES string of the molecule is CCc1cccc(CC)c1N(C)N=C1CCN(c2ccc(C(F)(F)F)cn2)CC1. The van der Waals surface area contributed by atoms with Gasteiger partial charge < -0.3 is 4.90 Å². The zero-order valence-corrected chi connectivity index (χ0v) is 17.1. The zero-order valence-electron chi connectivity index (χ0n) is 17.1. The fourth-order valence-corrected chi connectivity index (χ4v) is 3.73. The Morgan fingerprint density at radius 3 is 2.14 bits per heavy atom. The van der Waals surface area contributed by atoms with E-state index in [2.05, 4.69) is 37.0 Å². The summed E-state index contributed by atoms with van der Waals surface area (Å²) < 4.78 is 38.1. The second-order valence-corrected chi connectivity index (χ2v) is 7.21. The second-order valence-electron chi connectivity index (χ2n) is 7.21. The molecule has 1 saturated heterocycles. The lowest BCUT2D eigenvalue weighted by atomic mass is 10.0. The molecule has 0 aliphatic carbocycles. The van der Waals surface area contributed by atoms with Gasteiger partial charge in [0.05, 0.1) is 11.3 Å². The summed E-state index contributed by atoms with van der Waals surface area (Å²) in [6, 6.07) is 8.92. The molecule has 0 radical (unpaired) electrons. The number of piperidine rings is 1. The number of hydrogen-bond acceptors (Lipinski definition) is 4. The lowest BCUT2D eigenvalue weighted by molar-refractivity contribution is -0.137. The molecule has 2 heterocycles. The van der Waals surface area contributed by atoms with E-state index in [1.54, 1.807) is 0 Å². The molecule has 0 amide bonds. The van der Waals surface area contributed by atoms with Crippen LogP contribution in [-0.2, 0) is 19.0 Å². The summed E-state index contributed by atoms with van der Waals surface area (Å²) in [4.78, 5) is 6.01. The molecule has 1 aliphatic rings. The van der Waals surface area contributed by atoms with E-state index < -0.39 is 11.7 Å². The van der Waals surface area contributed by atoms with Crippen LogP contribution in [0, 0.1) is 0 Å². The topological polar surface area (TPSA) is 31.7 Å². The quantitative estimate of drug-likeness (QED) is 0.633. The minimum atomic E-state index is -4.36. The van der Waals surface area contributed by atoms with Crippen molar-refractivity contribution in [1.29, 1.82) is 0 Å². The normalized spacial score (nSPS) is 14.8. The number of hydrogen-bond donors (Lipinski definition) is 0. The Bertz CT molecular complexity index is 827. The van der Waals surface area contributed by atoms with E-state index in [9.17, 15) is 13.2 Å². The average Bonchev–Trinajstić information content (AvgIpc) is 2.73. The molecule has 1 aliphatic heterocycles. The van der Waals surface area contributed by atoms with Crippen molar-refractivity contribution in [3.05, 3.63) is 53.2 Å². The van der Waals surface area contributed by atoms with Gasteiger partial charge in [0.2, 0.25) is 0 Å². The van der Waals surface area contributed by atoms with Gasteiger partial charge in [-0.15, -0.1) is 0 Å². The maximum Gasteiger partial charge on any atom is 0.417 e. The number of para-hydroxylation sites is 1. The van der Waals surface area contributed by atoms with E-state index in [0.29, 0.717) is 18.9 Å². The summed E-state index contributed by atoms with van der Waals surface area (Å²) in [5.74, 6) is 0.579. The fraction of sp³-hybridized carbons (Fsp3) is 0.455. The molecule has 0 atom stereocenters. The number of rotatable bonds is 5. The minimum absolute atomic E-state index is 0.579. The first kappa shape index (κ1) is 21.1. The molecule has 2 aromatic rings. The molecule has 1 aromatic heterocycles. The molecule has 3 rings (SSSR count). The Balaban J connectivity index is 1.68. The molecule has 1 aromatic carbocycles. The van der Waals surface area contributed by atoms with Crippen LogP contribution >= 0.6 is 0 Å². The van der Waals surface area contributed by atoms with Crippen molar-refractivity contribution in [3.8, 4) is 0 Å². The maximum atomic E-state index is 12.7. The first-order valence-corrected chi connectivity index (χ1v) is 10.0. The van der Waals surface area contributed by atoms with E-state index in [-0.39, 0.29) is 0 Å². The fourth-order valence-electron chi connectivity index (χ4n) is 3.73. The first-order chi connectivity index (χ1) is 13.8. The molecule has 156 valence electrons. The van der Waals surface area contributed by atoms with E-state index in [1.807, 2.05) is 17.0 Å². The van der Waals surface area contributed by atoms with E-state index in [0.717, 1.165) is 43.7 Å². The molecule has 0 N–H and O–H groups in total. The highest BCUT2D eigenvalue weighted by Gasteiger charge is 2.31. The molecule has 1 fully saturated rings. The van der Waals surface area contributed by atoms with Crippen LogP contribution in [0.2, 0.25) is 0 Å². The number of aryl methyl sites for hydroxylation is 2. The predicted octanol–water partition coefficient (Wildman–Crippen LogP) is 5.32. The summed E-state index contributed by atoms with van der Waals surface area (Å²) in [5, 5.41) is 6.84. The highest BCUT2D eigenvalue weighted by molar-refractivity contribution is 5.87. The van der Waals surface area contributed by atoms with Crippen LogP contribution in [-0.4, -0.2) is 30.8 Å². The molecule has 0 bridgehead atoms.